The molecule has 3 aromatic heterocycles. The number of piperidine rings is 1. The predicted molar refractivity (Wildman–Crippen MR) is 108 cm³/mol. The van der Waals surface area contributed by atoms with Gasteiger partial charge in [-0.15, -0.1) is 0 Å². The minimum atomic E-state index is 0.679. The number of hydrogen-bond acceptors (Lipinski definition) is 5. The van der Waals surface area contributed by atoms with Gasteiger partial charge >= 0.3 is 0 Å². The fourth-order valence-electron chi connectivity index (χ4n) is 4.73. The molecule has 5 rings (SSSR count). The zero-order valence-corrected chi connectivity index (χ0v) is 16.4. The van der Waals surface area contributed by atoms with Crippen LogP contribution in [0.15, 0.2) is 30.9 Å². The van der Waals surface area contributed by atoms with Crippen LogP contribution in [0.25, 0.3) is 16.8 Å². The lowest BCUT2D eigenvalue weighted by molar-refractivity contribution is 0.278. The summed E-state index contributed by atoms with van der Waals surface area (Å²) < 4.78 is 3.73. The van der Waals surface area contributed by atoms with E-state index in [1.165, 1.54) is 12.8 Å². The first-order chi connectivity index (χ1) is 13.2. The number of hydrogen-bond donors (Lipinski definition) is 1. The van der Waals surface area contributed by atoms with Crippen molar-refractivity contribution in [1.82, 2.24) is 24.4 Å². The van der Waals surface area contributed by atoms with Crippen molar-refractivity contribution in [3.05, 3.63) is 30.9 Å². The number of aromatic nitrogens is 5. The summed E-state index contributed by atoms with van der Waals surface area (Å²) in [7, 11) is 1.92. The number of anilines is 1. The Hall–Kier alpha value is -2.41. The van der Waals surface area contributed by atoms with Crippen LogP contribution in [-0.4, -0.2) is 44.0 Å². The van der Waals surface area contributed by atoms with Crippen molar-refractivity contribution in [2.45, 2.75) is 26.7 Å². The molecule has 0 aromatic carbocycles. The molecule has 4 heterocycles. The molecule has 1 aliphatic heterocycles. The van der Waals surface area contributed by atoms with Gasteiger partial charge in [0.2, 0.25) is 0 Å². The third kappa shape index (κ3) is 3.10. The van der Waals surface area contributed by atoms with E-state index < -0.39 is 0 Å². The molecule has 0 radical (unpaired) electrons. The molecule has 2 N–H and O–H groups in total. The molecule has 2 aliphatic rings. The highest BCUT2D eigenvalue weighted by Gasteiger charge is 2.41. The summed E-state index contributed by atoms with van der Waals surface area (Å²) >= 11 is 0. The molecule has 144 valence electrons. The molecule has 2 unspecified atom stereocenters. The first kappa shape index (κ1) is 18.0. The molecule has 3 aromatic rings. The zero-order chi connectivity index (χ0) is 19.0. The van der Waals surface area contributed by atoms with E-state index in [2.05, 4.69) is 15.1 Å². The molecule has 2 atom stereocenters. The quantitative estimate of drug-likeness (QED) is 0.770. The van der Waals surface area contributed by atoms with Crippen molar-refractivity contribution in [3.8, 4) is 11.3 Å². The normalized spacial score (nSPS) is 24.1. The van der Waals surface area contributed by atoms with Gasteiger partial charge in [0.1, 0.15) is 5.52 Å². The van der Waals surface area contributed by atoms with Crippen molar-refractivity contribution in [1.29, 1.82) is 0 Å². The van der Waals surface area contributed by atoms with Crippen LogP contribution in [0.2, 0.25) is 0 Å². The summed E-state index contributed by atoms with van der Waals surface area (Å²) in [5, 5.41) is 8.73. The highest BCUT2D eigenvalue weighted by atomic mass is 15.3. The first-order valence-corrected chi connectivity index (χ1v) is 10.0. The third-order valence-corrected chi connectivity index (χ3v) is 5.97. The lowest BCUT2D eigenvalue weighted by atomic mass is 9.85. The fourth-order valence-corrected chi connectivity index (χ4v) is 4.73. The fraction of sp³-hybridized carbons (Fsp3) is 0.550. The summed E-state index contributed by atoms with van der Waals surface area (Å²) in [6, 6.07) is 2.05. The smallest absolute Gasteiger partial charge is 0.155 e. The second-order valence-corrected chi connectivity index (χ2v) is 7.42. The second kappa shape index (κ2) is 7.31. The van der Waals surface area contributed by atoms with E-state index in [9.17, 15) is 0 Å². The molecule has 2 fully saturated rings. The second-order valence-electron chi connectivity index (χ2n) is 7.42. The maximum absolute atomic E-state index is 6.03. The monoisotopic (exact) mass is 367 g/mol. The minimum Gasteiger partial charge on any atom is -0.354 e. The molecule has 1 saturated heterocycles. The Bertz CT molecular complexity index is 898. The molecular weight excluding hydrogens is 338 g/mol. The zero-order valence-electron chi connectivity index (χ0n) is 16.4. The van der Waals surface area contributed by atoms with E-state index >= 15 is 0 Å². The highest BCUT2D eigenvalue weighted by molar-refractivity contribution is 5.72. The Morgan fingerprint density at radius 2 is 1.85 bits per heavy atom. The van der Waals surface area contributed by atoms with E-state index in [1.807, 2.05) is 56.3 Å². The molecule has 1 aliphatic carbocycles. The number of rotatable bonds is 3. The average molecular weight is 368 g/mol. The summed E-state index contributed by atoms with van der Waals surface area (Å²) in [6.45, 7) is 6.90. The maximum Gasteiger partial charge on any atom is 0.155 e. The average Bonchev–Trinajstić information content (AvgIpc) is 3.40. The van der Waals surface area contributed by atoms with Crippen LogP contribution in [0, 0.1) is 17.8 Å². The maximum atomic E-state index is 6.03. The van der Waals surface area contributed by atoms with E-state index in [0.717, 1.165) is 42.2 Å². The van der Waals surface area contributed by atoms with Crippen LogP contribution >= 0.6 is 0 Å². The van der Waals surface area contributed by atoms with Gasteiger partial charge in [-0.1, -0.05) is 13.8 Å². The van der Waals surface area contributed by atoms with Gasteiger partial charge in [0.15, 0.2) is 5.82 Å². The predicted octanol–water partition coefficient (Wildman–Crippen LogP) is 2.58. The Morgan fingerprint density at radius 1 is 1.11 bits per heavy atom. The van der Waals surface area contributed by atoms with Gasteiger partial charge in [-0.05, 0) is 43.2 Å². The summed E-state index contributed by atoms with van der Waals surface area (Å²) in [6.07, 6.45) is 10.3. The molecule has 0 amide bonds. The molecular formula is C20H29N7. The van der Waals surface area contributed by atoms with Crippen LogP contribution in [0.5, 0.6) is 0 Å². The number of nitrogens with two attached hydrogens (primary N) is 1. The van der Waals surface area contributed by atoms with Gasteiger partial charge in [0.05, 0.1) is 24.3 Å². The molecule has 7 heteroatoms. The summed E-state index contributed by atoms with van der Waals surface area (Å²) in [4.78, 5) is 7.46. The van der Waals surface area contributed by atoms with Crippen LogP contribution in [0.4, 0.5) is 5.82 Å². The van der Waals surface area contributed by atoms with Gasteiger partial charge in [-0.25, -0.2) is 9.50 Å². The molecule has 0 spiro atoms. The lowest BCUT2D eigenvalue weighted by Gasteiger charge is -2.38. The topological polar surface area (TPSA) is 77.3 Å². The standard InChI is InChI=1S/C18H23N7.C2H6/c1-23-8-14(7-21-23)16-11-25-17(4-5-20-25)18(22-16)24-9-12-2-3-13(10-24)15(12)6-19;1-2/h4-5,7-8,11-13,15H,2-3,6,9-10,19H2,1H3;1-2H3. The minimum absolute atomic E-state index is 0.679. The SMILES string of the molecule is CC.Cn1cc(-c2cn3nccc3c(N3CC4CCC(C3)C4CN)n2)cn1. The Labute approximate surface area is 160 Å². The van der Waals surface area contributed by atoms with Crippen molar-refractivity contribution in [2.75, 3.05) is 24.5 Å². The Morgan fingerprint density at radius 3 is 2.48 bits per heavy atom. The van der Waals surface area contributed by atoms with Crippen molar-refractivity contribution in [3.63, 3.8) is 0 Å². The van der Waals surface area contributed by atoms with Gasteiger partial charge in [-0.2, -0.15) is 10.2 Å². The van der Waals surface area contributed by atoms with Crippen molar-refractivity contribution >= 4 is 11.3 Å². The van der Waals surface area contributed by atoms with Gasteiger partial charge < -0.3 is 10.6 Å². The van der Waals surface area contributed by atoms with E-state index in [1.54, 1.807) is 4.68 Å². The number of aryl methyl sites for hydroxylation is 1. The van der Waals surface area contributed by atoms with Gasteiger partial charge in [0, 0.05) is 31.9 Å². The summed E-state index contributed by atoms with van der Waals surface area (Å²) in [5.74, 6) is 3.09. The lowest BCUT2D eigenvalue weighted by Crippen LogP contribution is -2.45. The number of fused-ring (bicyclic) bond motifs is 3. The Balaban J connectivity index is 0.000000872. The van der Waals surface area contributed by atoms with Crippen LogP contribution in [0.1, 0.15) is 26.7 Å². The summed E-state index contributed by atoms with van der Waals surface area (Å²) in [5.41, 5.74) is 9.02. The number of nitrogens with zero attached hydrogens (tertiary/aromatic N) is 6. The molecule has 27 heavy (non-hydrogen) atoms. The molecule has 1 saturated carbocycles. The van der Waals surface area contributed by atoms with Crippen molar-refractivity contribution in [2.24, 2.45) is 30.5 Å². The van der Waals surface area contributed by atoms with Gasteiger partial charge in [0.25, 0.3) is 0 Å². The van der Waals surface area contributed by atoms with E-state index in [0.29, 0.717) is 17.8 Å². The molecule has 2 bridgehead atoms. The highest BCUT2D eigenvalue weighted by Crippen LogP contribution is 2.43. The van der Waals surface area contributed by atoms with Crippen LogP contribution in [-0.2, 0) is 7.05 Å². The largest absolute Gasteiger partial charge is 0.354 e. The first-order valence-electron chi connectivity index (χ1n) is 10.0. The molecule has 7 nitrogen and oxygen atoms in total. The van der Waals surface area contributed by atoms with Crippen LogP contribution in [0.3, 0.4) is 0 Å². The van der Waals surface area contributed by atoms with Crippen molar-refractivity contribution < 1.29 is 0 Å². The van der Waals surface area contributed by atoms with Gasteiger partial charge in [-0.3, -0.25) is 4.68 Å². The van der Waals surface area contributed by atoms with E-state index in [-0.39, 0.29) is 0 Å². The third-order valence-electron chi connectivity index (χ3n) is 5.97. The van der Waals surface area contributed by atoms with Crippen LogP contribution < -0.4 is 10.6 Å². The van der Waals surface area contributed by atoms with E-state index in [4.69, 9.17) is 10.7 Å². The Kier molecular flexibility index (Phi) is 4.86.